The first-order valence-corrected chi connectivity index (χ1v) is 8.27. The Kier molecular flexibility index (Phi) is 2.53. The molecule has 0 radical (unpaired) electrons. The summed E-state index contributed by atoms with van der Waals surface area (Å²) in [4.78, 5) is 0. The van der Waals surface area contributed by atoms with E-state index in [0.717, 1.165) is 11.8 Å². The van der Waals surface area contributed by atoms with Gasteiger partial charge in [0.25, 0.3) is 0 Å². The Hall–Kier alpha value is -1.04. The lowest BCUT2D eigenvalue weighted by Crippen LogP contribution is -2.33. The SMILES string of the molecule is CC(C)(C)c1ccc2c(c1)CCC1(C2)CC2C=CC1C2. The summed E-state index contributed by atoms with van der Waals surface area (Å²) in [5.41, 5.74) is 5.68. The predicted octanol–water partition coefficient (Wildman–Crippen LogP) is 5.06. The molecule has 0 aromatic heterocycles. The van der Waals surface area contributed by atoms with E-state index >= 15 is 0 Å². The first-order valence-electron chi connectivity index (χ1n) is 8.27. The van der Waals surface area contributed by atoms with Gasteiger partial charge in [0, 0.05) is 0 Å². The lowest BCUT2D eigenvalue weighted by atomic mass is 9.64. The topological polar surface area (TPSA) is 0 Å². The second-order valence-corrected chi connectivity index (χ2v) is 8.46. The van der Waals surface area contributed by atoms with Gasteiger partial charge in [-0.1, -0.05) is 51.1 Å². The van der Waals surface area contributed by atoms with E-state index in [2.05, 4.69) is 51.1 Å². The van der Waals surface area contributed by atoms with Crippen LogP contribution in [0.3, 0.4) is 0 Å². The molecule has 3 atom stereocenters. The van der Waals surface area contributed by atoms with Gasteiger partial charge in [0.1, 0.15) is 0 Å². The van der Waals surface area contributed by atoms with Crippen LogP contribution in [-0.4, -0.2) is 0 Å². The second kappa shape index (κ2) is 4.00. The van der Waals surface area contributed by atoms with Gasteiger partial charge in [-0.15, -0.1) is 0 Å². The third-order valence-electron chi connectivity index (χ3n) is 6.13. The Bertz CT molecular complexity index is 572. The van der Waals surface area contributed by atoms with Gasteiger partial charge in [0.05, 0.1) is 0 Å². The Morgan fingerprint density at radius 3 is 2.60 bits per heavy atom. The molecule has 0 saturated heterocycles. The summed E-state index contributed by atoms with van der Waals surface area (Å²) in [7, 11) is 0. The number of hydrogen-bond acceptors (Lipinski definition) is 0. The van der Waals surface area contributed by atoms with Gasteiger partial charge in [-0.2, -0.15) is 0 Å². The van der Waals surface area contributed by atoms with Crippen molar-refractivity contribution in [3.63, 3.8) is 0 Å². The van der Waals surface area contributed by atoms with Crippen LogP contribution >= 0.6 is 0 Å². The number of allylic oxidation sites excluding steroid dienone is 2. The maximum Gasteiger partial charge on any atom is -0.0132 e. The molecule has 3 aliphatic rings. The van der Waals surface area contributed by atoms with Crippen molar-refractivity contribution in [2.75, 3.05) is 0 Å². The molecule has 1 fully saturated rings. The van der Waals surface area contributed by atoms with Gasteiger partial charge >= 0.3 is 0 Å². The molecule has 3 aliphatic carbocycles. The Morgan fingerprint density at radius 1 is 1.10 bits per heavy atom. The van der Waals surface area contributed by atoms with Crippen molar-refractivity contribution in [3.05, 3.63) is 47.0 Å². The van der Waals surface area contributed by atoms with Gasteiger partial charge in [0.2, 0.25) is 0 Å². The number of aryl methyl sites for hydroxylation is 1. The Morgan fingerprint density at radius 2 is 1.95 bits per heavy atom. The van der Waals surface area contributed by atoms with Crippen LogP contribution in [0.4, 0.5) is 0 Å². The van der Waals surface area contributed by atoms with Crippen molar-refractivity contribution < 1.29 is 0 Å². The van der Waals surface area contributed by atoms with Crippen molar-refractivity contribution in [1.82, 2.24) is 0 Å². The first kappa shape index (κ1) is 12.7. The molecule has 0 nitrogen and oxygen atoms in total. The molecule has 1 aromatic rings. The standard InChI is InChI=1S/C20H26/c1-19(2,3)17-7-5-16-13-20(9-8-15(16)11-17)12-14-4-6-18(20)10-14/h4-7,11,14,18H,8-10,12-13H2,1-3H3. The molecule has 4 rings (SSSR count). The molecule has 0 amide bonds. The monoisotopic (exact) mass is 266 g/mol. The lowest BCUT2D eigenvalue weighted by Gasteiger charge is -2.40. The van der Waals surface area contributed by atoms with Gasteiger partial charge < -0.3 is 0 Å². The zero-order valence-corrected chi connectivity index (χ0v) is 13.1. The molecular formula is C20H26. The van der Waals surface area contributed by atoms with Crippen LogP contribution < -0.4 is 0 Å². The van der Waals surface area contributed by atoms with Gasteiger partial charge in [-0.05, 0) is 71.5 Å². The summed E-state index contributed by atoms with van der Waals surface area (Å²) in [5, 5.41) is 0. The van der Waals surface area contributed by atoms with Crippen molar-refractivity contribution in [1.29, 1.82) is 0 Å². The first-order chi connectivity index (χ1) is 9.46. The summed E-state index contributed by atoms with van der Waals surface area (Å²) in [5.74, 6) is 1.78. The third kappa shape index (κ3) is 1.80. The molecule has 1 spiro atoms. The molecule has 20 heavy (non-hydrogen) atoms. The van der Waals surface area contributed by atoms with Crippen LogP contribution in [0.5, 0.6) is 0 Å². The van der Waals surface area contributed by atoms with E-state index in [1.54, 1.807) is 11.1 Å². The lowest BCUT2D eigenvalue weighted by molar-refractivity contribution is 0.195. The van der Waals surface area contributed by atoms with Crippen molar-refractivity contribution in [2.45, 2.75) is 58.3 Å². The largest absolute Gasteiger partial charge is 0.0851 e. The average molecular weight is 266 g/mol. The quantitative estimate of drug-likeness (QED) is 0.576. The van der Waals surface area contributed by atoms with Crippen molar-refractivity contribution >= 4 is 0 Å². The van der Waals surface area contributed by atoms with Gasteiger partial charge in [-0.3, -0.25) is 0 Å². The zero-order chi connectivity index (χ0) is 14.0. The fourth-order valence-corrected chi connectivity index (χ4v) is 4.89. The summed E-state index contributed by atoms with van der Waals surface area (Å²) < 4.78 is 0. The summed E-state index contributed by atoms with van der Waals surface area (Å²) in [6, 6.07) is 7.30. The van der Waals surface area contributed by atoms with E-state index in [0.29, 0.717) is 5.41 Å². The number of benzene rings is 1. The van der Waals surface area contributed by atoms with Crippen LogP contribution in [-0.2, 0) is 18.3 Å². The maximum absolute atomic E-state index is 2.53. The molecule has 2 bridgehead atoms. The molecule has 0 aliphatic heterocycles. The highest BCUT2D eigenvalue weighted by molar-refractivity contribution is 5.39. The zero-order valence-electron chi connectivity index (χ0n) is 13.1. The van der Waals surface area contributed by atoms with E-state index in [4.69, 9.17) is 0 Å². The van der Waals surface area contributed by atoms with Crippen LogP contribution in [0.1, 0.15) is 56.7 Å². The highest BCUT2D eigenvalue weighted by atomic mass is 14.5. The molecule has 0 heteroatoms. The summed E-state index contributed by atoms with van der Waals surface area (Å²) in [6.45, 7) is 6.96. The Labute approximate surface area is 123 Å². The van der Waals surface area contributed by atoms with Crippen molar-refractivity contribution in [2.24, 2.45) is 17.3 Å². The normalized spacial score (nSPS) is 34.8. The van der Waals surface area contributed by atoms with Gasteiger partial charge in [-0.25, -0.2) is 0 Å². The van der Waals surface area contributed by atoms with E-state index in [1.165, 1.54) is 37.7 Å². The van der Waals surface area contributed by atoms with Crippen molar-refractivity contribution in [3.8, 4) is 0 Å². The molecule has 0 heterocycles. The highest BCUT2D eigenvalue weighted by Crippen LogP contribution is 2.57. The summed E-state index contributed by atoms with van der Waals surface area (Å²) >= 11 is 0. The number of fused-ring (bicyclic) bond motifs is 4. The van der Waals surface area contributed by atoms with E-state index < -0.39 is 0 Å². The average Bonchev–Trinajstić information content (AvgIpc) is 2.97. The maximum atomic E-state index is 2.53. The smallest absolute Gasteiger partial charge is 0.0132 e. The van der Waals surface area contributed by atoms with Gasteiger partial charge in [0.15, 0.2) is 0 Å². The highest BCUT2D eigenvalue weighted by Gasteiger charge is 2.49. The number of rotatable bonds is 0. The minimum Gasteiger partial charge on any atom is -0.0851 e. The molecule has 3 unspecified atom stereocenters. The van der Waals surface area contributed by atoms with E-state index in [-0.39, 0.29) is 5.41 Å². The fourth-order valence-electron chi connectivity index (χ4n) is 4.89. The molecular weight excluding hydrogens is 240 g/mol. The second-order valence-electron chi connectivity index (χ2n) is 8.46. The van der Waals surface area contributed by atoms with Crippen LogP contribution in [0, 0.1) is 17.3 Å². The predicted molar refractivity (Wildman–Crippen MR) is 85.0 cm³/mol. The van der Waals surface area contributed by atoms with E-state index in [1.807, 2.05) is 0 Å². The molecule has 106 valence electrons. The molecule has 1 aromatic carbocycles. The minimum absolute atomic E-state index is 0.277. The molecule has 0 N–H and O–H groups in total. The van der Waals surface area contributed by atoms with Crippen LogP contribution in [0.25, 0.3) is 0 Å². The number of hydrogen-bond donors (Lipinski definition) is 0. The summed E-state index contributed by atoms with van der Waals surface area (Å²) in [6.07, 6.45) is 12.0. The van der Waals surface area contributed by atoms with E-state index in [9.17, 15) is 0 Å². The molecule has 1 saturated carbocycles. The third-order valence-corrected chi connectivity index (χ3v) is 6.13. The Balaban J connectivity index is 1.66. The van der Waals surface area contributed by atoms with Crippen LogP contribution in [0.2, 0.25) is 0 Å². The minimum atomic E-state index is 0.277. The fraction of sp³-hybridized carbons (Fsp3) is 0.600. The van der Waals surface area contributed by atoms with Crippen LogP contribution in [0.15, 0.2) is 30.4 Å².